The van der Waals surface area contributed by atoms with Crippen molar-refractivity contribution in [2.75, 3.05) is 21.3 Å². The van der Waals surface area contributed by atoms with E-state index < -0.39 is 6.29 Å². The zero-order chi connectivity index (χ0) is 10.6. The number of halogens is 1. The van der Waals surface area contributed by atoms with Gasteiger partial charge in [-0.1, -0.05) is 0 Å². The van der Waals surface area contributed by atoms with Gasteiger partial charge in [-0.25, -0.2) is 4.98 Å². The van der Waals surface area contributed by atoms with Crippen molar-refractivity contribution < 1.29 is 14.2 Å². The van der Waals surface area contributed by atoms with Gasteiger partial charge in [-0.05, 0) is 22.0 Å². The summed E-state index contributed by atoms with van der Waals surface area (Å²) in [5.41, 5.74) is 0.661. The number of rotatable bonds is 4. The lowest BCUT2D eigenvalue weighted by atomic mass is 10.3. The molecule has 1 aromatic rings. The Hall–Kier alpha value is -0.650. The molecule has 0 saturated heterocycles. The highest BCUT2D eigenvalue weighted by molar-refractivity contribution is 9.10. The van der Waals surface area contributed by atoms with Gasteiger partial charge in [0, 0.05) is 24.8 Å². The average molecular weight is 262 g/mol. The molecule has 0 N–H and O–H groups in total. The third kappa shape index (κ3) is 2.43. The first-order chi connectivity index (χ1) is 6.72. The summed E-state index contributed by atoms with van der Waals surface area (Å²) in [7, 11) is 4.68. The maximum absolute atomic E-state index is 5.10. The molecule has 0 radical (unpaired) electrons. The molecular weight excluding hydrogens is 250 g/mol. The molecule has 78 valence electrons. The Bertz CT molecular complexity index is 302. The second-order valence-corrected chi connectivity index (χ2v) is 3.38. The fourth-order valence-corrected chi connectivity index (χ4v) is 1.45. The van der Waals surface area contributed by atoms with Crippen LogP contribution in [0.3, 0.4) is 0 Å². The van der Waals surface area contributed by atoms with Gasteiger partial charge >= 0.3 is 0 Å². The van der Waals surface area contributed by atoms with E-state index in [-0.39, 0.29) is 0 Å². The average Bonchev–Trinajstić information content (AvgIpc) is 2.22. The van der Waals surface area contributed by atoms with Gasteiger partial charge in [-0.2, -0.15) is 0 Å². The molecule has 0 fully saturated rings. The molecule has 0 amide bonds. The van der Waals surface area contributed by atoms with Crippen LogP contribution in [0.25, 0.3) is 0 Å². The van der Waals surface area contributed by atoms with E-state index in [0.29, 0.717) is 11.6 Å². The molecule has 0 bridgehead atoms. The molecule has 4 nitrogen and oxygen atoms in total. The first-order valence-electron chi connectivity index (χ1n) is 3.99. The molecular formula is C9H12BrNO3. The molecule has 1 rings (SSSR count). The topological polar surface area (TPSA) is 40.6 Å². The Kier molecular flexibility index (Phi) is 4.31. The highest BCUT2D eigenvalue weighted by atomic mass is 79.9. The largest absolute Gasteiger partial charge is 0.481 e. The lowest BCUT2D eigenvalue weighted by molar-refractivity contribution is -0.109. The summed E-state index contributed by atoms with van der Waals surface area (Å²) >= 11 is 3.36. The molecule has 0 saturated carbocycles. The summed E-state index contributed by atoms with van der Waals surface area (Å²) in [6.07, 6.45) is -0.487. The number of ether oxygens (including phenoxy) is 3. The smallest absolute Gasteiger partial charge is 0.213 e. The van der Waals surface area contributed by atoms with E-state index in [4.69, 9.17) is 14.2 Å². The van der Waals surface area contributed by atoms with E-state index in [0.717, 1.165) is 4.47 Å². The molecule has 0 spiro atoms. The van der Waals surface area contributed by atoms with E-state index in [2.05, 4.69) is 20.9 Å². The van der Waals surface area contributed by atoms with Gasteiger partial charge in [-0.15, -0.1) is 0 Å². The van der Waals surface area contributed by atoms with Crippen molar-refractivity contribution in [2.45, 2.75) is 6.29 Å². The van der Waals surface area contributed by atoms with Gasteiger partial charge in [0.1, 0.15) is 5.69 Å². The van der Waals surface area contributed by atoms with Crippen molar-refractivity contribution in [1.82, 2.24) is 4.98 Å². The molecule has 1 heterocycles. The maximum Gasteiger partial charge on any atom is 0.213 e. The Balaban J connectivity index is 3.04. The summed E-state index contributed by atoms with van der Waals surface area (Å²) < 4.78 is 16.0. The minimum Gasteiger partial charge on any atom is -0.481 e. The minimum atomic E-state index is -0.487. The Morgan fingerprint density at radius 1 is 1.21 bits per heavy atom. The third-order valence-electron chi connectivity index (χ3n) is 1.71. The summed E-state index contributed by atoms with van der Waals surface area (Å²) in [5, 5.41) is 0. The molecule has 0 unspecified atom stereocenters. The fourth-order valence-electron chi connectivity index (χ4n) is 1.04. The number of hydrogen-bond donors (Lipinski definition) is 0. The summed E-state index contributed by atoms with van der Waals surface area (Å²) in [5.74, 6) is 0.530. The van der Waals surface area contributed by atoms with Gasteiger partial charge in [0.25, 0.3) is 0 Å². The zero-order valence-electron chi connectivity index (χ0n) is 8.28. The predicted molar refractivity (Wildman–Crippen MR) is 55.2 cm³/mol. The van der Waals surface area contributed by atoms with Gasteiger partial charge in [0.2, 0.25) is 12.2 Å². The SMILES string of the molecule is COc1ccc(Br)c(C(OC)OC)n1. The van der Waals surface area contributed by atoms with Crippen LogP contribution in [0.5, 0.6) is 5.88 Å². The number of aromatic nitrogens is 1. The van der Waals surface area contributed by atoms with Crippen LogP contribution in [-0.2, 0) is 9.47 Å². The van der Waals surface area contributed by atoms with Crippen LogP contribution >= 0.6 is 15.9 Å². The Morgan fingerprint density at radius 2 is 1.86 bits per heavy atom. The highest BCUT2D eigenvalue weighted by Crippen LogP contribution is 2.26. The van der Waals surface area contributed by atoms with Crippen molar-refractivity contribution in [2.24, 2.45) is 0 Å². The zero-order valence-corrected chi connectivity index (χ0v) is 9.87. The summed E-state index contributed by atoms with van der Waals surface area (Å²) in [4.78, 5) is 4.21. The summed E-state index contributed by atoms with van der Waals surface area (Å²) in [6, 6.07) is 3.60. The summed E-state index contributed by atoms with van der Waals surface area (Å²) in [6.45, 7) is 0. The van der Waals surface area contributed by atoms with Crippen molar-refractivity contribution in [3.8, 4) is 5.88 Å². The Morgan fingerprint density at radius 3 is 2.36 bits per heavy atom. The van der Waals surface area contributed by atoms with Crippen LogP contribution in [0.15, 0.2) is 16.6 Å². The third-order valence-corrected chi connectivity index (χ3v) is 2.38. The molecule has 0 aliphatic heterocycles. The van der Waals surface area contributed by atoms with E-state index in [1.807, 2.05) is 6.07 Å². The van der Waals surface area contributed by atoms with Crippen LogP contribution in [0.4, 0.5) is 0 Å². The van der Waals surface area contributed by atoms with E-state index in [9.17, 15) is 0 Å². The Labute approximate surface area is 91.3 Å². The second-order valence-electron chi connectivity index (χ2n) is 2.52. The van der Waals surface area contributed by atoms with Gasteiger partial charge in [-0.3, -0.25) is 0 Å². The minimum absolute atomic E-state index is 0.487. The number of hydrogen-bond acceptors (Lipinski definition) is 4. The van der Waals surface area contributed by atoms with Crippen molar-refractivity contribution in [3.63, 3.8) is 0 Å². The molecule has 5 heteroatoms. The normalized spacial score (nSPS) is 10.6. The monoisotopic (exact) mass is 261 g/mol. The van der Waals surface area contributed by atoms with Gasteiger partial charge in [0.05, 0.1) is 7.11 Å². The number of pyridine rings is 1. The van der Waals surface area contributed by atoms with Crippen LogP contribution in [0.1, 0.15) is 12.0 Å². The van der Waals surface area contributed by atoms with Crippen LogP contribution in [-0.4, -0.2) is 26.3 Å². The number of nitrogens with zero attached hydrogens (tertiary/aromatic N) is 1. The molecule has 14 heavy (non-hydrogen) atoms. The second kappa shape index (κ2) is 5.29. The molecule has 1 aromatic heterocycles. The van der Waals surface area contributed by atoms with Crippen molar-refractivity contribution >= 4 is 15.9 Å². The predicted octanol–water partition coefficient (Wildman–Crippen LogP) is 2.14. The standard InChI is InChI=1S/C9H12BrNO3/c1-12-7-5-4-6(10)8(11-7)9(13-2)14-3/h4-5,9H,1-3H3. The van der Waals surface area contributed by atoms with Crippen molar-refractivity contribution in [1.29, 1.82) is 0 Å². The highest BCUT2D eigenvalue weighted by Gasteiger charge is 2.15. The lowest BCUT2D eigenvalue weighted by Crippen LogP contribution is -2.07. The molecule has 0 aliphatic carbocycles. The van der Waals surface area contributed by atoms with E-state index in [1.54, 1.807) is 27.4 Å². The molecule has 0 atom stereocenters. The quantitative estimate of drug-likeness (QED) is 0.779. The fraction of sp³-hybridized carbons (Fsp3) is 0.444. The van der Waals surface area contributed by atoms with Gasteiger partial charge in [0.15, 0.2) is 0 Å². The first kappa shape index (κ1) is 11.4. The number of methoxy groups -OCH3 is 3. The maximum atomic E-state index is 5.10. The molecule has 0 aromatic carbocycles. The lowest BCUT2D eigenvalue weighted by Gasteiger charge is -2.14. The van der Waals surface area contributed by atoms with E-state index in [1.165, 1.54) is 0 Å². The molecule has 0 aliphatic rings. The van der Waals surface area contributed by atoms with Crippen LogP contribution < -0.4 is 4.74 Å². The van der Waals surface area contributed by atoms with Crippen molar-refractivity contribution in [3.05, 3.63) is 22.3 Å². The van der Waals surface area contributed by atoms with Gasteiger partial charge < -0.3 is 14.2 Å². The van der Waals surface area contributed by atoms with Crippen LogP contribution in [0, 0.1) is 0 Å². The first-order valence-corrected chi connectivity index (χ1v) is 4.78. The van der Waals surface area contributed by atoms with Crippen LogP contribution in [0.2, 0.25) is 0 Å². The van der Waals surface area contributed by atoms with E-state index >= 15 is 0 Å².